The highest BCUT2D eigenvalue weighted by molar-refractivity contribution is 6.13. The first-order chi connectivity index (χ1) is 33.6. The second-order valence-electron chi connectivity index (χ2n) is 16.9. The molecule has 4 N–H and O–H groups in total. The molecule has 0 atom stereocenters. The van der Waals surface area contributed by atoms with Gasteiger partial charge in [-0.05, 0) is 143 Å². The average molecular weight is 877 g/mol. The predicted octanol–water partition coefficient (Wildman–Crippen LogP) is 16.0. The Bertz CT molecular complexity index is 3630. The maximum absolute atomic E-state index is 6.66. The molecule has 11 rings (SSSR count). The Balaban J connectivity index is 0.000000621. The highest BCUT2D eigenvalue weighted by Gasteiger charge is 2.17. The van der Waals surface area contributed by atoms with Crippen LogP contribution in [0.25, 0.3) is 94.1 Å². The van der Waals surface area contributed by atoms with Crippen molar-refractivity contribution in [2.45, 2.75) is 13.3 Å². The number of hydrogen-bond acceptors (Lipinski definition) is 2. The zero-order chi connectivity index (χ0) is 46.2. The molecule has 0 aliphatic rings. The van der Waals surface area contributed by atoms with Gasteiger partial charge in [-0.25, -0.2) is 0 Å². The quantitative estimate of drug-likeness (QED) is 0.134. The molecule has 4 nitrogen and oxygen atoms in total. The van der Waals surface area contributed by atoms with Gasteiger partial charge in [-0.2, -0.15) is 0 Å². The third kappa shape index (κ3) is 8.79. The highest BCUT2D eigenvalue weighted by atomic mass is 15.0. The topological polar surface area (TPSA) is 61.9 Å². The lowest BCUT2D eigenvalue weighted by Crippen LogP contribution is -1.98. The predicted molar refractivity (Wildman–Crippen MR) is 291 cm³/mol. The van der Waals surface area contributed by atoms with Gasteiger partial charge in [0.05, 0.1) is 22.1 Å². The molecule has 0 unspecified atom stereocenters. The van der Waals surface area contributed by atoms with Crippen molar-refractivity contribution in [3.8, 4) is 44.8 Å². The highest BCUT2D eigenvalue weighted by Crippen LogP contribution is 2.39. The van der Waals surface area contributed by atoms with E-state index in [4.69, 9.17) is 11.5 Å². The van der Waals surface area contributed by atoms with Gasteiger partial charge < -0.3 is 20.6 Å². The Morgan fingerprint density at radius 2 is 0.853 bits per heavy atom. The zero-order valence-electron chi connectivity index (χ0n) is 38.1. The molecule has 11 aromatic rings. The molecule has 328 valence electrons. The third-order valence-corrected chi connectivity index (χ3v) is 12.6. The first-order valence-corrected chi connectivity index (χ1v) is 23.2. The molecule has 0 aliphatic heterocycles. The number of fused-ring (bicyclic) bond motifs is 6. The van der Waals surface area contributed by atoms with Crippen LogP contribution in [0, 0.1) is 0 Å². The molecule has 0 saturated heterocycles. The van der Waals surface area contributed by atoms with Crippen LogP contribution < -0.4 is 11.5 Å². The lowest BCUT2D eigenvalue weighted by Gasteiger charge is -2.10. The standard InChI is InChI=1S/C57H41N3.C7H11N/c58-53(46-18-12-17-42(35-46)40-13-4-1-5-14-40)31-25-39-23-29-48(30-24-39)60-56-32-26-43(41-15-6-2-7-16-41)36-51(56)52-38-45(28-34-57(52)60)44-27-33-55-50(37-44)49-21-10-11-22-54(49)59(55)47-19-8-3-9-20-47;1-2-3-4-5-6-7-8/h1-24,26-38H,25,58H2;2-7H,8H2,1H3/b53-31-;3-2+,5-4-,7-6-. The smallest absolute Gasteiger partial charge is 0.0541 e. The number of nitrogens with zero attached hydrogens (tertiary/aromatic N) is 2. The molecule has 0 aliphatic carbocycles. The van der Waals surface area contributed by atoms with Crippen LogP contribution >= 0.6 is 0 Å². The maximum atomic E-state index is 6.66. The Hall–Kier alpha value is -8.86. The summed E-state index contributed by atoms with van der Waals surface area (Å²) in [6, 6.07) is 78.7. The Morgan fingerprint density at radius 3 is 1.43 bits per heavy atom. The van der Waals surface area contributed by atoms with Crippen molar-refractivity contribution in [2.24, 2.45) is 11.5 Å². The van der Waals surface area contributed by atoms with Gasteiger partial charge >= 0.3 is 0 Å². The number of hydrogen-bond donors (Lipinski definition) is 2. The summed E-state index contributed by atoms with van der Waals surface area (Å²) in [5.74, 6) is 0. The fraction of sp³-hybridized carbons (Fsp3) is 0.0312. The molecule has 0 spiro atoms. The second kappa shape index (κ2) is 19.7. The summed E-state index contributed by atoms with van der Waals surface area (Å²) in [6.45, 7) is 1.97. The van der Waals surface area contributed by atoms with Gasteiger partial charge in [0.1, 0.15) is 0 Å². The van der Waals surface area contributed by atoms with Crippen LogP contribution in [-0.4, -0.2) is 9.13 Å². The van der Waals surface area contributed by atoms with Crippen LogP contribution in [0.5, 0.6) is 0 Å². The Labute approximate surface area is 398 Å². The van der Waals surface area contributed by atoms with Gasteiger partial charge in [-0.3, -0.25) is 0 Å². The number of aromatic nitrogens is 2. The summed E-state index contributed by atoms with van der Waals surface area (Å²) in [7, 11) is 0. The van der Waals surface area contributed by atoms with E-state index >= 15 is 0 Å². The summed E-state index contributed by atoms with van der Waals surface area (Å²) in [5, 5.41) is 4.96. The van der Waals surface area contributed by atoms with Gasteiger partial charge in [0, 0.05) is 38.6 Å². The lowest BCUT2D eigenvalue weighted by atomic mass is 9.99. The minimum absolute atomic E-state index is 0.743. The summed E-state index contributed by atoms with van der Waals surface area (Å²) < 4.78 is 4.78. The average Bonchev–Trinajstić information content (AvgIpc) is 3.92. The van der Waals surface area contributed by atoms with Crippen LogP contribution in [0.4, 0.5) is 0 Å². The van der Waals surface area contributed by atoms with Gasteiger partial charge in [0.15, 0.2) is 0 Å². The molecule has 0 bridgehead atoms. The SMILES string of the molecule is C/C=C/C=C\C=C/N.N/C(=C\Cc1ccc(-n2c3ccc(-c4ccccc4)cc3c3cc(-c4ccc5c(c4)c4ccccc4n5-c4ccccc4)ccc32)cc1)c1cccc(-c2ccccc2)c1. The van der Waals surface area contributed by atoms with Crippen molar-refractivity contribution in [3.05, 3.63) is 272 Å². The minimum Gasteiger partial charge on any atom is -0.405 e. The molecule has 68 heavy (non-hydrogen) atoms. The molecule has 9 aromatic carbocycles. The first-order valence-electron chi connectivity index (χ1n) is 23.2. The van der Waals surface area contributed by atoms with Gasteiger partial charge in [-0.1, -0.05) is 176 Å². The number of rotatable bonds is 10. The monoisotopic (exact) mass is 876 g/mol. The number of nitrogens with two attached hydrogens (primary N) is 2. The zero-order valence-corrected chi connectivity index (χ0v) is 38.1. The second-order valence-corrected chi connectivity index (χ2v) is 16.9. The molecule has 0 radical (unpaired) electrons. The fourth-order valence-corrected chi connectivity index (χ4v) is 9.24. The normalized spacial score (nSPS) is 12.0. The van der Waals surface area contributed by atoms with Gasteiger partial charge in [0.2, 0.25) is 0 Å². The van der Waals surface area contributed by atoms with Crippen molar-refractivity contribution < 1.29 is 0 Å². The largest absolute Gasteiger partial charge is 0.405 e. The maximum Gasteiger partial charge on any atom is 0.0541 e. The van der Waals surface area contributed by atoms with E-state index in [2.05, 4.69) is 228 Å². The Kier molecular flexibility index (Phi) is 12.5. The van der Waals surface area contributed by atoms with Crippen LogP contribution in [0.1, 0.15) is 18.1 Å². The van der Waals surface area contributed by atoms with Crippen molar-refractivity contribution in [1.29, 1.82) is 0 Å². The number of benzene rings is 9. The third-order valence-electron chi connectivity index (χ3n) is 12.6. The van der Waals surface area contributed by atoms with E-state index in [9.17, 15) is 0 Å². The summed E-state index contributed by atoms with van der Waals surface area (Å²) in [6.07, 6.45) is 13.8. The molecular formula is C64H52N4. The Morgan fingerprint density at radius 1 is 0.397 bits per heavy atom. The molecule has 2 aromatic heterocycles. The molecule has 4 heteroatoms. The van der Waals surface area contributed by atoms with Crippen LogP contribution in [0.3, 0.4) is 0 Å². The van der Waals surface area contributed by atoms with Crippen LogP contribution in [0.15, 0.2) is 261 Å². The molecule has 0 amide bonds. The molecule has 0 saturated carbocycles. The first kappa shape index (κ1) is 43.1. The molecule has 0 fully saturated rings. The van der Waals surface area contributed by atoms with E-state index < -0.39 is 0 Å². The van der Waals surface area contributed by atoms with Crippen molar-refractivity contribution in [1.82, 2.24) is 9.13 Å². The molecule has 2 heterocycles. The number of para-hydroxylation sites is 2. The minimum atomic E-state index is 0.743. The van der Waals surface area contributed by atoms with E-state index in [1.807, 2.05) is 37.3 Å². The van der Waals surface area contributed by atoms with E-state index in [1.54, 1.807) is 6.08 Å². The summed E-state index contributed by atoms with van der Waals surface area (Å²) in [5.41, 5.74) is 29.0. The van der Waals surface area contributed by atoms with Crippen molar-refractivity contribution in [2.75, 3.05) is 0 Å². The van der Waals surface area contributed by atoms with E-state index in [0.717, 1.165) is 28.9 Å². The van der Waals surface area contributed by atoms with Crippen molar-refractivity contribution in [3.63, 3.8) is 0 Å². The molecular weight excluding hydrogens is 825 g/mol. The summed E-state index contributed by atoms with van der Waals surface area (Å²) in [4.78, 5) is 0. The van der Waals surface area contributed by atoms with Gasteiger partial charge in [0.25, 0.3) is 0 Å². The fourth-order valence-electron chi connectivity index (χ4n) is 9.24. The lowest BCUT2D eigenvalue weighted by molar-refractivity contribution is 1.16. The van der Waals surface area contributed by atoms with Gasteiger partial charge in [-0.15, -0.1) is 0 Å². The van der Waals surface area contributed by atoms with Crippen LogP contribution in [-0.2, 0) is 6.42 Å². The van der Waals surface area contributed by atoms with E-state index in [1.165, 1.54) is 88.9 Å². The van der Waals surface area contributed by atoms with E-state index in [-0.39, 0.29) is 0 Å². The number of allylic oxidation sites excluding steroid dienone is 6. The van der Waals surface area contributed by atoms with Crippen molar-refractivity contribution >= 4 is 49.3 Å². The van der Waals surface area contributed by atoms with Crippen LogP contribution in [0.2, 0.25) is 0 Å². The summed E-state index contributed by atoms with van der Waals surface area (Å²) >= 11 is 0. The van der Waals surface area contributed by atoms with E-state index in [0.29, 0.717) is 0 Å².